The maximum absolute atomic E-state index is 9.70. The lowest BCUT2D eigenvalue weighted by Crippen LogP contribution is -1.94. The van der Waals surface area contributed by atoms with Gasteiger partial charge in [0.05, 0.1) is 23.4 Å². The van der Waals surface area contributed by atoms with Gasteiger partial charge in [-0.25, -0.2) is 4.98 Å². The van der Waals surface area contributed by atoms with Crippen molar-refractivity contribution in [2.75, 3.05) is 0 Å². The number of aromatic nitrogens is 1. The quantitative estimate of drug-likeness (QED) is 0.918. The molecule has 0 aliphatic carbocycles. The molecule has 1 aromatic heterocycles. The molecule has 2 rings (SSSR count). The van der Waals surface area contributed by atoms with Gasteiger partial charge in [0, 0.05) is 4.90 Å². The Labute approximate surface area is 109 Å². The van der Waals surface area contributed by atoms with Crippen LogP contribution in [0.1, 0.15) is 29.8 Å². The zero-order valence-corrected chi connectivity index (χ0v) is 10.9. The number of rotatable bonds is 3. The fourth-order valence-corrected chi connectivity index (χ4v) is 2.53. The first-order chi connectivity index (χ1) is 8.60. The number of oxazole rings is 1. The Morgan fingerprint density at radius 2 is 2.28 bits per heavy atom. The normalized spacial score (nSPS) is 12.1. The average molecular weight is 260 g/mol. The zero-order valence-electron chi connectivity index (χ0n) is 10.0. The summed E-state index contributed by atoms with van der Waals surface area (Å²) in [7, 11) is 0. The van der Waals surface area contributed by atoms with E-state index >= 15 is 0 Å². The highest BCUT2D eigenvalue weighted by Crippen LogP contribution is 2.33. The predicted octanol–water partition coefficient (Wildman–Crippen LogP) is 3.06. The van der Waals surface area contributed by atoms with Gasteiger partial charge < -0.3 is 9.52 Å². The Kier molecular flexibility index (Phi) is 3.70. The summed E-state index contributed by atoms with van der Waals surface area (Å²) >= 11 is 1.30. The molecule has 1 heterocycles. The van der Waals surface area contributed by atoms with E-state index in [2.05, 4.69) is 11.1 Å². The molecular weight excluding hydrogens is 248 g/mol. The molecule has 18 heavy (non-hydrogen) atoms. The van der Waals surface area contributed by atoms with Crippen LogP contribution in [-0.4, -0.2) is 10.1 Å². The second-order valence-corrected chi connectivity index (χ2v) is 4.89. The van der Waals surface area contributed by atoms with Gasteiger partial charge in [-0.2, -0.15) is 5.26 Å². The lowest BCUT2D eigenvalue weighted by molar-refractivity contribution is 0.196. The van der Waals surface area contributed by atoms with E-state index in [-0.39, 0.29) is 0 Å². The second-order valence-electron chi connectivity index (χ2n) is 3.90. The summed E-state index contributed by atoms with van der Waals surface area (Å²) in [4.78, 5) is 4.98. The van der Waals surface area contributed by atoms with E-state index < -0.39 is 6.10 Å². The Morgan fingerprint density at radius 3 is 2.83 bits per heavy atom. The summed E-state index contributed by atoms with van der Waals surface area (Å²) in [6, 6.07) is 7.25. The minimum Gasteiger partial charge on any atom is -0.439 e. The molecule has 0 aliphatic heterocycles. The van der Waals surface area contributed by atoms with Gasteiger partial charge in [-0.3, -0.25) is 0 Å². The van der Waals surface area contributed by atoms with Crippen LogP contribution < -0.4 is 0 Å². The molecule has 0 spiro atoms. The van der Waals surface area contributed by atoms with Crippen molar-refractivity contribution in [1.82, 2.24) is 4.98 Å². The van der Waals surface area contributed by atoms with E-state index in [0.29, 0.717) is 10.8 Å². The lowest BCUT2D eigenvalue weighted by Gasteiger charge is -2.10. The van der Waals surface area contributed by atoms with E-state index in [1.54, 1.807) is 31.4 Å². The number of nitriles is 1. The molecule has 2 aromatic rings. The van der Waals surface area contributed by atoms with Crippen molar-refractivity contribution < 1.29 is 9.52 Å². The number of aliphatic hydroxyl groups is 1. The molecular formula is C13H12N2O2S. The van der Waals surface area contributed by atoms with Crippen molar-refractivity contribution in [1.29, 1.82) is 5.26 Å². The number of aryl methyl sites for hydroxylation is 1. The van der Waals surface area contributed by atoms with Crippen LogP contribution in [0.5, 0.6) is 0 Å². The fraction of sp³-hybridized carbons (Fsp3) is 0.231. The average Bonchev–Trinajstić information content (AvgIpc) is 2.74. The Hall–Kier alpha value is -1.77. The molecule has 0 aliphatic rings. The van der Waals surface area contributed by atoms with E-state index in [1.807, 2.05) is 6.92 Å². The van der Waals surface area contributed by atoms with Gasteiger partial charge in [0.15, 0.2) is 0 Å². The topological polar surface area (TPSA) is 70.0 Å². The molecule has 0 saturated carbocycles. The van der Waals surface area contributed by atoms with Crippen LogP contribution in [-0.2, 0) is 0 Å². The van der Waals surface area contributed by atoms with Crippen LogP contribution in [0.15, 0.2) is 39.0 Å². The van der Waals surface area contributed by atoms with Crippen molar-refractivity contribution in [2.45, 2.75) is 30.1 Å². The number of benzene rings is 1. The van der Waals surface area contributed by atoms with Gasteiger partial charge in [-0.05, 0) is 43.3 Å². The fourth-order valence-electron chi connectivity index (χ4n) is 1.51. The predicted molar refractivity (Wildman–Crippen MR) is 67.2 cm³/mol. The highest BCUT2D eigenvalue weighted by Gasteiger charge is 2.12. The Morgan fingerprint density at radius 1 is 1.50 bits per heavy atom. The summed E-state index contributed by atoms with van der Waals surface area (Å²) in [5.74, 6) is 0. The Bertz CT molecular complexity index is 599. The molecule has 1 N–H and O–H groups in total. The van der Waals surface area contributed by atoms with Gasteiger partial charge in [0.25, 0.3) is 5.22 Å². The molecule has 0 bridgehead atoms. The van der Waals surface area contributed by atoms with Crippen molar-refractivity contribution in [3.8, 4) is 6.07 Å². The Balaban J connectivity index is 2.38. The van der Waals surface area contributed by atoms with Crippen LogP contribution in [0.3, 0.4) is 0 Å². The SMILES string of the molecule is Cc1coc(Sc2cc(C#N)ccc2[C@H](C)O)n1. The molecule has 5 heteroatoms. The van der Waals surface area contributed by atoms with Crippen LogP contribution in [0.4, 0.5) is 0 Å². The molecule has 1 aromatic carbocycles. The molecule has 0 fully saturated rings. The van der Waals surface area contributed by atoms with Crippen LogP contribution in [0, 0.1) is 18.3 Å². The van der Waals surface area contributed by atoms with Crippen LogP contribution >= 0.6 is 11.8 Å². The maximum Gasteiger partial charge on any atom is 0.260 e. The molecule has 0 saturated heterocycles. The van der Waals surface area contributed by atoms with E-state index in [9.17, 15) is 5.11 Å². The number of aliphatic hydroxyl groups excluding tert-OH is 1. The zero-order chi connectivity index (χ0) is 13.1. The third kappa shape index (κ3) is 2.73. The minimum atomic E-state index is -0.601. The highest BCUT2D eigenvalue weighted by molar-refractivity contribution is 7.99. The maximum atomic E-state index is 9.70. The number of nitrogens with zero attached hydrogens (tertiary/aromatic N) is 2. The van der Waals surface area contributed by atoms with Gasteiger partial charge in [0.2, 0.25) is 0 Å². The molecule has 0 unspecified atom stereocenters. The number of hydrogen-bond acceptors (Lipinski definition) is 5. The van der Waals surface area contributed by atoms with E-state index in [1.165, 1.54) is 11.8 Å². The van der Waals surface area contributed by atoms with Gasteiger partial charge in [0.1, 0.15) is 6.26 Å². The largest absolute Gasteiger partial charge is 0.439 e. The number of hydrogen-bond donors (Lipinski definition) is 1. The summed E-state index contributed by atoms with van der Waals surface area (Å²) in [5, 5.41) is 19.1. The summed E-state index contributed by atoms with van der Waals surface area (Å²) in [6.07, 6.45) is 0.967. The molecule has 1 atom stereocenters. The standard InChI is InChI=1S/C13H12N2O2S/c1-8-7-17-13(15-8)18-12-5-10(6-14)3-4-11(12)9(2)16/h3-5,7,9,16H,1-2H3/t9-/m0/s1. The first kappa shape index (κ1) is 12.7. The second kappa shape index (κ2) is 5.25. The van der Waals surface area contributed by atoms with Gasteiger partial charge in [-0.15, -0.1) is 0 Å². The molecule has 0 amide bonds. The third-order valence-electron chi connectivity index (χ3n) is 2.39. The molecule has 92 valence electrons. The van der Waals surface area contributed by atoms with Crippen molar-refractivity contribution in [3.63, 3.8) is 0 Å². The van der Waals surface area contributed by atoms with Crippen LogP contribution in [0.2, 0.25) is 0 Å². The van der Waals surface area contributed by atoms with Crippen molar-refractivity contribution in [3.05, 3.63) is 41.3 Å². The lowest BCUT2D eigenvalue weighted by atomic mass is 10.1. The van der Waals surface area contributed by atoms with Crippen LogP contribution in [0.25, 0.3) is 0 Å². The summed E-state index contributed by atoms with van der Waals surface area (Å²) < 4.78 is 5.26. The monoisotopic (exact) mass is 260 g/mol. The van der Waals surface area contributed by atoms with Crippen molar-refractivity contribution >= 4 is 11.8 Å². The smallest absolute Gasteiger partial charge is 0.260 e. The van der Waals surface area contributed by atoms with Gasteiger partial charge >= 0.3 is 0 Å². The summed E-state index contributed by atoms with van der Waals surface area (Å²) in [6.45, 7) is 3.53. The first-order valence-electron chi connectivity index (χ1n) is 5.42. The van der Waals surface area contributed by atoms with E-state index in [0.717, 1.165) is 16.2 Å². The summed E-state index contributed by atoms with van der Waals surface area (Å²) in [5.41, 5.74) is 2.10. The molecule has 0 radical (unpaired) electrons. The molecule has 4 nitrogen and oxygen atoms in total. The van der Waals surface area contributed by atoms with E-state index in [4.69, 9.17) is 9.68 Å². The van der Waals surface area contributed by atoms with Gasteiger partial charge in [-0.1, -0.05) is 6.07 Å². The first-order valence-corrected chi connectivity index (χ1v) is 6.24. The minimum absolute atomic E-state index is 0.504. The van der Waals surface area contributed by atoms with Crippen molar-refractivity contribution in [2.24, 2.45) is 0 Å². The third-order valence-corrected chi connectivity index (χ3v) is 3.32. The highest BCUT2D eigenvalue weighted by atomic mass is 32.2.